The molecule has 4 aromatic rings. The number of aromatic nitrogens is 2. The first-order valence-electron chi connectivity index (χ1n) is 12.7. The van der Waals surface area contributed by atoms with Crippen molar-refractivity contribution in [2.75, 3.05) is 18.0 Å². The monoisotopic (exact) mass is 487 g/mol. The molecule has 0 fully saturated rings. The van der Waals surface area contributed by atoms with Gasteiger partial charge in [0.2, 0.25) is 5.96 Å². The highest BCUT2D eigenvalue weighted by atomic mass is 16.2. The molecule has 0 bridgehead atoms. The average Bonchev–Trinajstić information content (AvgIpc) is 3.50. The lowest BCUT2D eigenvalue weighted by molar-refractivity contribution is 0.0847. The molecule has 37 heavy (non-hydrogen) atoms. The van der Waals surface area contributed by atoms with Gasteiger partial charge in [0.25, 0.3) is 5.91 Å². The predicted octanol–water partition coefficient (Wildman–Crippen LogP) is 4.95. The van der Waals surface area contributed by atoms with E-state index in [2.05, 4.69) is 64.6 Å². The third-order valence-electron chi connectivity index (χ3n) is 6.91. The van der Waals surface area contributed by atoms with Crippen LogP contribution >= 0.6 is 0 Å². The molecule has 3 heterocycles. The number of anilines is 1. The fraction of sp³-hybridized carbons (Fsp3) is 0.194. The van der Waals surface area contributed by atoms with Crippen molar-refractivity contribution in [2.24, 2.45) is 4.99 Å². The molecule has 2 aliphatic heterocycles. The van der Waals surface area contributed by atoms with Gasteiger partial charge in [0.1, 0.15) is 11.6 Å². The summed E-state index contributed by atoms with van der Waals surface area (Å²) in [7, 11) is 0. The van der Waals surface area contributed by atoms with E-state index < -0.39 is 0 Å². The summed E-state index contributed by atoms with van der Waals surface area (Å²) < 4.78 is 2.21. The highest BCUT2D eigenvalue weighted by molar-refractivity contribution is 6.18. The molecule has 0 saturated carbocycles. The van der Waals surface area contributed by atoms with Crippen molar-refractivity contribution in [1.82, 2.24) is 14.5 Å². The fourth-order valence-electron chi connectivity index (χ4n) is 5.22. The SMILES string of the molecule is C=CCN1C(=O)c2nc(Cc3ccccc3)n(Cc3ccccc3)c2N2C[C@@H](Cc3ccccc3)N=C12. The van der Waals surface area contributed by atoms with Crippen LogP contribution in [0, 0.1) is 0 Å². The molecule has 184 valence electrons. The Balaban J connectivity index is 1.44. The molecule has 0 aliphatic carbocycles. The Morgan fingerprint density at radius 1 is 0.865 bits per heavy atom. The van der Waals surface area contributed by atoms with Crippen LogP contribution in [0.5, 0.6) is 0 Å². The summed E-state index contributed by atoms with van der Waals surface area (Å²) in [4.78, 5) is 27.7. The van der Waals surface area contributed by atoms with Gasteiger partial charge in [0.15, 0.2) is 5.69 Å². The minimum Gasteiger partial charge on any atom is -0.309 e. The number of hydrogen-bond donors (Lipinski definition) is 0. The zero-order chi connectivity index (χ0) is 25.2. The largest absolute Gasteiger partial charge is 0.309 e. The van der Waals surface area contributed by atoms with Crippen LogP contribution in [-0.2, 0) is 19.4 Å². The van der Waals surface area contributed by atoms with Crippen molar-refractivity contribution in [3.05, 3.63) is 132 Å². The van der Waals surface area contributed by atoms with Crippen molar-refractivity contribution >= 4 is 17.7 Å². The number of hydrogen-bond acceptors (Lipinski definition) is 4. The summed E-state index contributed by atoms with van der Waals surface area (Å²) in [5, 5.41) is 0. The van der Waals surface area contributed by atoms with Gasteiger partial charge in [-0.05, 0) is 23.1 Å². The zero-order valence-corrected chi connectivity index (χ0v) is 20.7. The normalized spacial score (nSPS) is 16.4. The van der Waals surface area contributed by atoms with Gasteiger partial charge in [-0.1, -0.05) is 97.1 Å². The third-order valence-corrected chi connectivity index (χ3v) is 6.91. The summed E-state index contributed by atoms with van der Waals surface area (Å²) in [6.45, 7) is 5.61. The number of fused-ring (bicyclic) bond motifs is 3. The first kappa shape index (κ1) is 23.0. The first-order valence-corrected chi connectivity index (χ1v) is 12.7. The maximum absolute atomic E-state index is 13.8. The molecule has 6 heteroatoms. The lowest BCUT2D eigenvalue weighted by Crippen LogP contribution is -2.51. The molecule has 0 radical (unpaired) electrons. The number of carbonyl (C=O) groups is 1. The third kappa shape index (κ3) is 4.47. The molecule has 1 aromatic heterocycles. The van der Waals surface area contributed by atoms with Gasteiger partial charge < -0.3 is 4.57 Å². The highest BCUT2D eigenvalue weighted by Gasteiger charge is 2.43. The molecule has 0 N–H and O–H groups in total. The Kier molecular flexibility index (Phi) is 6.15. The van der Waals surface area contributed by atoms with Crippen molar-refractivity contribution in [3.8, 4) is 0 Å². The molecule has 0 saturated heterocycles. The molecule has 1 amide bonds. The minimum absolute atomic E-state index is 0.0427. The van der Waals surface area contributed by atoms with Crippen LogP contribution < -0.4 is 4.90 Å². The second-order valence-corrected chi connectivity index (χ2v) is 9.52. The highest BCUT2D eigenvalue weighted by Crippen LogP contribution is 2.35. The van der Waals surface area contributed by atoms with Gasteiger partial charge in [0.05, 0.1) is 19.1 Å². The average molecular weight is 488 g/mol. The summed E-state index contributed by atoms with van der Waals surface area (Å²) >= 11 is 0. The smallest absolute Gasteiger partial charge is 0.283 e. The van der Waals surface area contributed by atoms with Crippen LogP contribution in [0.2, 0.25) is 0 Å². The maximum atomic E-state index is 13.8. The Morgan fingerprint density at radius 3 is 2.14 bits per heavy atom. The number of aliphatic imine (C=N–C) groups is 1. The Morgan fingerprint density at radius 2 is 1.49 bits per heavy atom. The second-order valence-electron chi connectivity index (χ2n) is 9.52. The lowest BCUT2D eigenvalue weighted by Gasteiger charge is -2.34. The quantitative estimate of drug-likeness (QED) is 0.331. The van der Waals surface area contributed by atoms with E-state index in [0.717, 1.165) is 29.2 Å². The van der Waals surface area contributed by atoms with Crippen LogP contribution in [0.1, 0.15) is 33.0 Å². The number of carbonyl (C=O) groups excluding carboxylic acids is 1. The number of nitrogens with zero attached hydrogens (tertiary/aromatic N) is 5. The molecule has 0 unspecified atom stereocenters. The van der Waals surface area contributed by atoms with Crippen LogP contribution in [-0.4, -0.2) is 45.4 Å². The second kappa shape index (κ2) is 9.90. The van der Waals surface area contributed by atoms with Crippen molar-refractivity contribution in [3.63, 3.8) is 0 Å². The van der Waals surface area contributed by atoms with Crippen molar-refractivity contribution in [2.45, 2.75) is 25.4 Å². The van der Waals surface area contributed by atoms with E-state index in [9.17, 15) is 4.79 Å². The van der Waals surface area contributed by atoms with Crippen LogP contribution in [0.4, 0.5) is 5.82 Å². The Hall–Kier alpha value is -4.45. The molecular weight excluding hydrogens is 458 g/mol. The molecule has 6 nitrogen and oxygen atoms in total. The molecule has 0 spiro atoms. The van der Waals surface area contributed by atoms with Crippen LogP contribution in [0.15, 0.2) is 109 Å². The first-order chi connectivity index (χ1) is 18.2. The topological polar surface area (TPSA) is 53.7 Å². The van der Waals surface area contributed by atoms with Crippen LogP contribution in [0.3, 0.4) is 0 Å². The fourth-order valence-corrected chi connectivity index (χ4v) is 5.22. The van der Waals surface area contributed by atoms with Gasteiger partial charge in [-0.2, -0.15) is 0 Å². The Bertz CT molecular complexity index is 1440. The minimum atomic E-state index is -0.119. The zero-order valence-electron chi connectivity index (χ0n) is 20.7. The van der Waals surface area contributed by atoms with E-state index in [1.165, 1.54) is 5.56 Å². The van der Waals surface area contributed by atoms with E-state index in [4.69, 9.17) is 9.98 Å². The van der Waals surface area contributed by atoms with Gasteiger partial charge in [-0.3, -0.25) is 14.6 Å². The molecule has 2 aliphatic rings. The van der Waals surface area contributed by atoms with E-state index in [-0.39, 0.29) is 11.9 Å². The molecule has 6 rings (SSSR count). The van der Waals surface area contributed by atoms with Gasteiger partial charge >= 0.3 is 0 Å². The van der Waals surface area contributed by atoms with Gasteiger partial charge in [0, 0.05) is 13.0 Å². The summed E-state index contributed by atoms with van der Waals surface area (Å²) in [6, 6.07) is 31.1. The number of guanidine groups is 1. The molecular formula is C31H29N5O. The maximum Gasteiger partial charge on any atom is 0.283 e. The van der Waals surface area contributed by atoms with Gasteiger partial charge in [-0.25, -0.2) is 9.98 Å². The van der Waals surface area contributed by atoms with E-state index in [1.807, 2.05) is 42.5 Å². The predicted molar refractivity (Wildman–Crippen MR) is 147 cm³/mol. The number of imidazole rings is 1. The summed E-state index contributed by atoms with van der Waals surface area (Å²) in [5.74, 6) is 2.29. The van der Waals surface area contributed by atoms with Crippen molar-refractivity contribution in [1.29, 1.82) is 0 Å². The van der Waals surface area contributed by atoms with E-state index in [1.54, 1.807) is 11.0 Å². The van der Waals surface area contributed by atoms with Crippen LogP contribution in [0.25, 0.3) is 0 Å². The molecule has 3 aromatic carbocycles. The summed E-state index contributed by atoms with van der Waals surface area (Å²) in [6.07, 6.45) is 3.21. The van der Waals surface area contributed by atoms with E-state index in [0.29, 0.717) is 37.7 Å². The van der Waals surface area contributed by atoms with Gasteiger partial charge in [-0.15, -0.1) is 6.58 Å². The Labute approximate surface area is 217 Å². The number of rotatable bonds is 8. The molecule has 1 atom stereocenters. The lowest BCUT2D eigenvalue weighted by atomic mass is 10.1. The number of amides is 1. The number of benzene rings is 3. The van der Waals surface area contributed by atoms with E-state index >= 15 is 0 Å². The van der Waals surface area contributed by atoms with Crippen molar-refractivity contribution < 1.29 is 4.79 Å². The summed E-state index contributed by atoms with van der Waals surface area (Å²) in [5.41, 5.74) is 4.05. The standard InChI is InChI=1S/C31H29N5O/c1-2-18-34-30(37)28-29(36-22-26(32-31(34)36)19-23-12-6-3-7-13-23)35(21-25-16-10-5-11-17-25)27(33-28)20-24-14-8-4-9-15-24/h2-17,26H,1,18-22H2/t26-/m1/s1.